The molecule has 5 heteroatoms. The van der Waals surface area contributed by atoms with E-state index in [9.17, 15) is 4.39 Å². The standard InChI is InChI=1S/C9H9FN4/c1-5-2-3-6-7(8(5)10)4-14-9(6)11-12-13-14/h2-3,12-13H,4H2,1H3. The highest BCUT2D eigenvalue weighted by Crippen LogP contribution is 2.27. The molecule has 0 radical (unpaired) electrons. The van der Waals surface area contributed by atoms with Gasteiger partial charge in [-0.15, -0.1) is 10.6 Å². The average molecular weight is 192 g/mol. The van der Waals surface area contributed by atoms with Crippen molar-refractivity contribution in [2.24, 2.45) is 5.10 Å². The maximum absolute atomic E-state index is 13.7. The lowest BCUT2D eigenvalue weighted by atomic mass is 10.1. The summed E-state index contributed by atoms with van der Waals surface area (Å²) in [6.07, 6.45) is 0. The minimum atomic E-state index is -0.124. The molecule has 0 bridgehead atoms. The lowest BCUT2D eigenvalue weighted by molar-refractivity contribution is 0.294. The monoisotopic (exact) mass is 192 g/mol. The van der Waals surface area contributed by atoms with Crippen LogP contribution in [0.25, 0.3) is 0 Å². The van der Waals surface area contributed by atoms with E-state index in [2.05, 4.69) is 16.2 Å². The molecule has 0 saturated heterocycles. The third-order valence-corrected chi connectivity index (χ3v) is 2.60. The molecule has 14 heavy (non-hydrogen) atoms. The van der Waals surface area contributed by atoms with Crippen molar-refractivity contribution in [1.29, 1.82) is 0 Å². The molecule has 0 aromatic heterocycles. The molecule has 0 fully saturated rings. The van der Waals surface area contributed by atoms with E-state index in [1.807, 2.05) is 6.07 Å². The van der Waals surface area contributed by atoms with E-state index in [1.165, 1.54) is 0 Å². The predicted molar refractivity (Wildman–Crippen MR) is 49.5 cm³/mol. The van der Waals surface area contributed by atoms with Gasteiger partial charge >= 0.3 is 0 Å². The van der Waals surface area contributed by atoms with Crippen LogP contribution in [0.3, 0.4) is 0 Å². The normalized spacial score (nSPS) is 17.6. The zero-order chi connectivity index (χ0) is 9.71. The summed E-state index contributed by atoms with van der Waals surface area (Å²) in [5.74, 6) is 0.639. The molecular weight excluding hydrogens is 183 g/mol. The number of aryl methyl sites for hydroxylation is 1. The second-order valence-corrected chi connectivity index (χ2v) is 3.47. The van der Waals surface area contributed by atoms with Crippen molar-refractivity contribution in [3.05, 3.63) is 34.6 Å². The van der Waals surface area contributed by atoms with E-state index < -0.39 is 0 Å². The number of hydrogen-bond donors (Lipinski definition) is 2. The average Bonchev–Trinajstić information content (AvgIpc) is 2.71. The summed E-state index contributed by atoms with van der Waals surface area (Å²) in [5.41, 5.74) is 7.73. The van der Waals surface area contributed by atoms with Gasteiger partial charge in [0.05, 0.1) is 6.54 Å². The van der Waals surface area contributed by atoms with E-state index in [4.69, 9.17) is 0 Å². The third-order valence-electron chi connectivity index (χ3n) is 2.60. The van der Waals surface area contributed by atoms with Crippen molar-refractivity contribution < 1.29 is 4.39 Å². The number of hydrazone groups is 1. The van der Waals surface area contributed by atoms with Crippen LogP contribution in [0.15, 0.2) is 17.2 Å². The topological polar surface area (TPSA) is 39.7 Å². The van der Waals surface area contributed by atoms with Crippen LogP contribution in [0.1, 0.15) is 16.7 Å². The summed E-state index contributed by atoms with van der Waals surface area (Å²) in [6, 6.07) is 3.68. The number of benzene rings is 1. The molecule has 0 amide bonds. The third kappa shape index (κ3) is 0.820. The molecule has 2 aliphatic rings. The van der Waals surface area contributed by atoms with Crippen molar-refractivity contribution in [2.75, 3.05) is 0 Å². The summed E-state index contributed by atoms with van der Waals surface area (Å²) in [6.45, 7) is 2.29. The lowest BCUT2D eigenvalue weighted by Gasteiger charge is -2.09. The van der Waals surface area contributed by atoms with Gasteiger partial charge in [0.1, 0.15) is 5.82 Å². The van der Waals surface area contributed by atoms with Crippen LogP contribution in [-0.2, 0) is 6.54 Å². The first-order chi connectivity index (χ1) is 6.77. The fourth-order valence-corrected chi connectivity index (χ4v) is 1.83. The Hall–Kier alpha value is -1.62. The molecule has 0 aliphatic carbocycles. The fraction of sp³-hybridized carbons (Fsp3) is 0.222. The van der Waals surface area contributed by atoms with E-state index in [-0.39, 0.29) is 5.82 Å². The van der Waals surface area contributed by atoms with Crippen molar-refractivity contribution in [3.63, 3.8) is 0 Å². The van der Waals surface area contributed by atoms with Gasteiger partial charge in [0.15, 0.2) is 5.84 Å². The first-order valence-electron chi connectivity index (χ1n) is 4.41. The number of nitrogens with one attached hydrogen (secondary N) is 2. The molecule has 2 heterocycles. The molecule has 1 aromatic rings. The van der Waals surface area contributed by atoms with Gasteiger partial charge in [-0.2, -0.15) is 0 Å². The maximum Gasteiger partial charge on any atom is 0.173 e. The van der Waals surface area contributed by atoms with Crippen molar-refractivity contribution >= 4 is 5.84 Å². The van der Waals surface area contributed by atoms with Gasteiger partial charge in [-0.1, -0.05) is 12.1 Å². The van der Waals surface area contributed by atoms with Gasteiger partial charge in [-0.05, 0) is 12.5 Å². The number of fused-ring (bicyclic) bond motifs is 3. The number of nitrogens with zero attached hydrogens (tertiary/aromatic N) is 2. The number of halogens is 1. The molecule has 0 saturated carbocycles. The largest absolute Gasteiger partial charge is 0.266 e. The van der Waals surface area contributed by atoms with Gasteiger partial charge in [0, 0.05) is 11.1 Å². The summed E-state index contributed by atoms with van der Waals surface area (Å²) in [7, 11) is 0. The highest BCUT2D eigenvalue weighted by Gasteiger charge is 2.31. The zero-order valence-corrected chi connectivity index (χ0v) is 7.63. The molecule has 1 aromatic carbocycles. The van der Waals surface area contributed by atoms with Gasteiger partial charge in [0.25, 0.3) is 0 Å². The molecule has 2 aliphatic heterocycles. The lowest BCUT2D eigenvalue weighted by Crippen LogP contribution is -2.37. The second kappa shape index (κ2) is 2.45. The van der Waals surface area contributed by atoms with Gasteiger partial charge < -0.3 is 0 Å². The van der Waals surface area contributed by atoms with Crippen LogP contribution < -0.4 is 11.1 Å². The van der Waals surface area contributed by atoms with Crippen molar-refractivity contribution in [2.45, 2.75) is 13.5 Å². The molecule has 0 spiro atoms. The van der Waals surface area contributed by atoms with Crippen LogP contribution >= 0.6 is 0 Å². The Morgan fingerprint density at radius 3 is 3.21 bits per heavy atom. The van der Waals surface area contributed by atoms with Crippen LogP contribution in [0.5, 0.6) is 0 Å². The fourth-order valence-electron chi connectivity index (χ4n) is 1.83. The van der Waals surface area contributed by atoms with Crippen LogP contribution in [-0.4, -0.2) is 10.8 Å². The number of hydrogen-bond acceptors (Lipinski definition) is 4. The summed E-state index contributed by atoms with van der Waals surface area (Å²) in [4.78, 5) is 0. The maximum atomic E-state index is 13.7. The van der Waals surface area contributed by atoms with E-state index in [0.717, 1.165) is 17.0 Å². The Morgan fingerprint density at radius 1 is 1.50 bits per heavy atom. The van der Waals surface area contributed by atoms with Gasteiger partial charge in [-0.3, -0.25) is 5.01 Å². The summed E-state index contributed by atoms with van der Waals surface area (Å²) in [5, 5.41) is 5.81. The first-order valence-corrected chi connectivity index (χ1v) is 4.41. The number of rotatable bonds is 0. The van der Waals surface area contributed by atoms with Crippen LogP contribution in [0.4, 0.5) is 4.39 Å². The van der Waals surface area contributed by atoms with Gasteiger partial charge in [-0.25, -0.2) is 9.93 Å². The highest BCUT2D eigenvalue weighted by molar-refractivity contribution is 6.02. The molecule has 0 atom stereocenters. The molecule has 0 unspecified atom stereocenters. The smallest absolute Gasteiger partial charge is 0.173 e. The quantitative estimate of drug-likeness (QED) is 0.633. The molecule has 72 valence electrons. The second-order valence-electron chi connectivity index (χ2n) is 3.47. The number of amidine groups is 1. The Kier molecular flexibility index (Phi) is 1.36. The van der Waals surface area contributed by atoms with E-state index >= 15 is 0 Å². The Bertz CT molecular complexity index is 441. The Morgan fingerprint density at radius 2 is 2.36 bits per heavy atom. The molecule has 3 rings (SSSR count). The number of hydrazine groups is 2. The van der Waals surface area contributed by atoms with Gasteiger partial charge in [0.2, 0.25) is 0 Å². The first kappa shape index (κ1) is 7.75. The SMILES string of the molecule is Cc1ccc2c(c1F)CN1NNN=C21. The van der Waals surface area contributed by atoms with E-state index in [1.54, 1.807) is 18.0 Å². The van der Waals surface area contributed by atoms with E-state index in [0.29, 0.717) is 12.1 Å². The minimum absolute atomic E-state index is 0.124. The Labute approximate surface area is 80.3 Å². The molecular formula is C9H9FN4. The Balaban J connectivity index is 2.23. The van der Waals surface area contributed by atoms with Crippen molar-refractivity contribution in [1.82, 2.24) is 16.1 Å². The van der Waals surface area contributed by atoms with Crippen molar-refractivity contribution in [3.8, 4) is 0 Å². The van der Waals surface area contributed by atoms with Crippen LogP contribution in [0, 0.1) is 12.7 Å². The summed E-state index contributed by atoms with van der Waals surface area (Å²) >= 11 is 0. The van der Waals surface area contributed by atoms with Crippen LogP contribution in [0.2, 0.25) is 0 Å². The molecule has 2 N–H and O–H groups in total. The predicted octanol–water partition coefficient (Wildman–Crippen LogP) is 0.634. The highest BCUT2D eigenvalue weighted by atomic mass is 19.1. The zero-order valence-electron chi connectivity index (χ0n) is 7.63. The minimum Gasteiger partial charge on any atom is -0.266 e. The molecule has 4 nitrogen and oxygen atoms in total. The summed E-state index contributed by atoms with van der Waals surface area (Å²) < 4.78 is 13.7.